The molecule has 0 saturated carbocycles. The van der Waals surface area contributed by atoms with Crippen molar-refractivity contribution in [3.8, 4) is 0 Å². The van der Waals surface area contributed by atoms with Gasteiger partial charge < -0.3 is 4.57 Å². The Hall–Kier alpha value is -1.94. The molecule has 0 aliphatic rings. The lowest BCUT2D eigenvalue weighted by atomic mass is 10.3. The molecule has 84 valence electrons. The summed E-state index contributed by atoms with van der Waals surface area (Å²) in [7, 11) is 0. The first kappa shape index (κ1) is 10.2. The Morgan fingerprint density at radius 3 is 2.76 bits per heavy atom. The fourth-order valence-corrected chi connectivity index (χ4v) is 1.86. The van der Waals surface area contributed by atoms with Gasteiger partial charge >= 0.3 is 0 Å². The summed E-state index contributed by atoms with van der Waals surface area (Å²) in [6.45, 7) is 0.715. The molecule has 3 aromatic rings. The minimum atomic E-state index is 0.481. The molecule has 0 aliphatic carbocycles. The highest BCUT2D eigenvalue weighted by atomic mass is 35.5. The zero-order valence-corrected chi connectivity index (χ0v) is 9.67. The number of aromatic nitrogens is 4. The monoisotopic (exact) mass is 244 g/mol. The molecule has 0 aliphatic heterocycles. The largest absolute Gasteiger partial charge is 0.311 e. The molecule has 0 bridgehead atoms. The quantitative estimate of drug-likeness (QED) is 0.651. The molecule has 0 saturated heterocycles. The van der Waals surface area contributed by atoms with Gasteiger partial charge in [-0.25, -0.2) is 9.97 Å². The van der Waals surface area contributed by atoms with Crippen LogP contribution in [0.4, 0.5) is 0 Å². The highest BCUT2D eigenvalue weighted by Gasteiger charge is 2.05. The van der Waals surface area contributed by atoms with Gasteiger partial charge in [0.15, 0.2) is 5.65 Å². The van der Waals surface area contributed by atoms with Gasteiger partial charge in [0.2, 0.25) is 0 Å². The smallest absolute Gasteiger partial charge is 0.161 e. The summed E-state index contributed by atoms with van der Waals surface area (Å²) in [5.74, 6) is 0. The maximum Gasteiger partial charge on any atom is 0.161 e. The van der Waals surface area contributed by atoms with E-state index in [1.165, 1.54) is 0 Å². The minimum Gasteiger partial charge on any atom is -0.311 e. The van der Waals surface area contributed by atoms with Gasteiger partial charge in [0.05, 0.1) is 12.9 Å². The first-order valence-corrected chi connectivity index (χ1v) is 5.57. The van der Waals surface area contributed by atoms with Gasteiger partial charge in [0, 0.05) is 12.4 Å². The number of hydrogen-bond donors (Lipinski definition) is 0. The third kappa shape index (κ3) is 1.99. The van der Waals surface area contributed by atoms with E-state index in [9.17, 15) is 0 Å². The summed E-state index contributed by atoms with van der Waals surface area (Å²) in [5.41, 5.74) is 2.80. The normalized spacial score (nSPS) is 10.9. The van der Waals surface area contributed by atoms with Crippen LogP contribution in [0, 0.1) is 0 Å². The number of imidazole rings is 1. The Morgan fingerprint density at radius 2 is 1.94 bits per heavy atom. The molecular weight excluding hydrogens is 236 g/mol. The van der Waals surface area contributed by atoms with Crippen LogP contribution in [0.2, 0.25) is 5.15 Å². The van der Waals surface area contributed by atoms with Gasteiger partial charge in [-0.15, -0.1) is 0 Å². The summed E-state index contributed by atoms with van der Waals surface area (Å²) in [6, 6.07) is 7.55. The fourth-order valence-electron chi connectivity index (χ4n) is 1.72. The molecule has 0 fully saturated rings. The minimum absolute atomic E-state index is 0.481. The van der Waals surface area contributed by atoms with Crippen molar-refractivity contribution in [2.45, 2.75) is 6.54 Å². The zero-order valence-electron chi connectivity index (χ0n) is 8.92. The molecule has 3 heterocycles. The van der Waals surface area contributed by atoms with Crippen LogP contribution in [0.3, 0.4) is 0 Å². The van der Waals surface area contributed by atoms with Gasteiger partial charge in [-0.3, -0.25) is 4.98 Å². The van der Waals surface area contributed by atoms with Gasteiger partial charge in [-0.05, 0) is 29.8 Å². The van der Waals surface area contributed by atoms with Gasteiger partial charge in [-0.1, -0.05) is 11.6 Å². The molecule has 0 atom stereocenters. The lowest BCUT2D eigenvalue weighted by molar-refractivity contribution is 0.812. The molecule has 5 heteroatoms. The summed E-state index contributed by atoms with van der Waals surface area (Å²) < 4.78 is 1.97. The Bertz CT molecular complexity index is 648. The predicted octanol–water partition coefficient (Wildman–Crippen LogP) is 2.53. The third-order valence-corrected chi connectivity index (χ3v) is 2.74. The van der Waals surface area contributed by atoms with Gasteiger partial charge in [0.25, 0.3) is 0 Å². The molecule has 3 rings (SSSR count). The highest BCUT2D eigenvalue weighted by Crippen LogP contribution is 2.15. The predicted molar refractivity (Wildman–Crippen MR) is 65.9 cm³/mol. The van der Waals surface area contributed by atoms with Crippen LogP contribution >= 0.6 is 11.6 Å². The lowest BCUT2D eigenvalue weighted by Gasteiger charge is -2.03. The second-order valence-corrected chi connectivity index (χ2v) is 4.09. The molecule has 0 radical (unpaired) electrons. The maximum absolute atomic E-state index is 5.89. The van der Waals surface area contributed by atoms with Crippen LogP contribution in [0.1, 0.15) is 5.56 Å². The topological polar surface area (TPSA) is 43.6 Å². The van der Waals surface area contributed by atoms with E-state index in [0.29, 0.717) is 11.7 Å². The first-order valence-electron chi connectivity index (χ1n) is 5.19. The van der Waals surface area contributed by atoms with E-state index in [1.807, 2.05) is 22.8 Å². The molecule has 0 unspecified atom stereocenters. The Balaban J connectivity index is 2.03. The van der Waals surface area contributed by atoms with Crippen molar-refractivity contribution in [3.05, 3.63) is 53.7 Å². The van der Waals surface area contributed by atoms with Crippen LogP contribution in [0.25, 0.3) is 11.2 Å². The van der Waals surface area contributed by atoms with Crippen molar-refractivity contribution in [3.63, 3.8) is 0 Å². The van der Waals surface area contributed by atoms with Crippen LogP contribution in [0.5, 0.6) is 0 Å². The molecular formula is C12H9ClN4. The molecule has 0 spiro atoms. The average molecular weight is 245 g/mol. The summed E-state index contributed by atoms with van der Waals surface area (Å²) in [6.07, 6.45) is 5.32. The van der Waals surface area contributed by atoms with Crippen molar-refractivity contribution in [1.82, 2.24) is 19.5 Å². The number of nitrogens with zero attached hydrogens (tertiary/aromatic N) is 4. The molecule has 0 aromatic carbocycles. The number of pyridine rings is 2. The SMILES string of the molecule is Clc1ccc2ncn(Cc3ccncc3)c2n1. The second kappa shape index (κ2) is 4.14. The highest BCUT2D eigenvalue weighted by molar-refractivity contribution is 6.29. The standard InChI is InChI=1S/C12H9ClN4/c13-11-2-1-10-12(16-11)17(8-15-10)7-9-3-5-14-6-4-9/h1-6,8H,7H2. The number of rotatable bonds is 2. The van der Waals surface area contributed by atoms with Crippen molar-refractivity contribution in [2.24, 2.45) is 0 Å². The van der Waals surface area contributed by atoms with E-state index in [2.05, 4.69) is 15.0 Å². The summed E-state index contributed by atoms with van der Waals surface area (Å²) >= 11 is 5.89. The lowest BCUT2D eigenvalue weighted by Crippen LogP contribution is -1.99. The zero-order chi connectivity index (χ0) is 11.7. The summed E-state index contributed by atoms with van der Waals surface area (Å²) in [4.78, 5) is 12.6. The van der Waals surface area contributed by atoms with Crippen LogP contribution in [-0.4, -0.2) is 19.5 Å². The van der Waals surface area contributed by atoms with Crippen molar-refractivity contribution < 1.29 is 0 Å². The first-order chi connectivity index (χ1) is 8.33. The van der Waals surface area contributed by atoms with Gasteiger partial charge in [0.1, 0.15) is 10.7 Å². The fraction of sp³-hybridized carbons (Fsp3) is 0.0833. The molecule has 0 amide bonds. The molecule has 17 heavy (non-hydrogen) atoms. The van der Waals surface area contributed by atoms with Crippen LogP contribution in [0.15, 0.2) is 43.0 Å². The van der Waals surface area contributed by atoms with E-state index in [0.717, 1.165) is 16.7 Å². The molecule has 0 N–H and O–H groups in total. The number of halogens is 1. The van der Waals surface area contributed by atoms with E-state index in [-0.39, 0.29) is 0 Å². The van der Waals surface area contributed by atoms with Crippen LogP contribution < -0.4 is 0 Å². The Morgan fingerprint density at radius 1 is 1.12 bits per heavy atom. The molecule has 4 nitrogen and oxygen atoms in total. The van der Waals surface area contributed by atoms with Crippen molar-refractivity contribution in [2.75, 3.05) is 0 Å². The average Bonchev–Trinajstić information content (AvgIpc) is 2.73. The van der Waals surface area contributed by atoms with E-state index >= 15 is 0 Å². The van der Waals surface area contributed by atoms with E-state index < -0.39 is 0 Å². The number of hydrogen-bond acceptors (Lipinski definition) is 3. The second-order valence-electron chi connectivity index (χ2n) is 3.70. The number of fused-ring (bicyclic) bond motifs is 1. The summed E-state index contributed by atoms with van der Waals surface area (Å²) in [5, 5.41) is 0.481. The third-order valence-electron chi connectivity index (χ3n) is 2.53. The van der Waals surface area contributed by atoms with Crippen LogP contribution in [-0.2, 0) is 6.54 Å². The van der Waals surface area contributed by atoms with Gasteiger partial charge in [-0.2, -0.15) is 0 Å². The van der Waals surface area contributed by atoms with E-state index in [1.54, 1.807) is 24.8 Å². The van der Waals surface area contributed by atoms with Crippen molar-refractivity contribution >= 4 is 22.8 Å². The van der Waals surface area contributed by atoms with E-state index in [4.69, 9.17) is 11.6 Å². The maximum atomic E-state index is 5.89. The van der Waals surface area contributed by atoms with Crippen molar-refractivity contribution in [1.29, 1.82) is 0 Å². The molecule has 3 aromatic heterocycles. The Kier molecular flexibility index (Phi) is 2.49. The Labute approximate surface area is 103 Å².